The topological polar surface area (TPSA) is 110 Å². The molecular weight excluding hydrogens is 406 g/mol. The number of nitro benzene ring substituents is 1. The van der Waals surface area contributed by atoms with Crippen LogP contribution in [0.15, 0.2) is 65.6 Å². The fraction of sp³-hybridized carbons (Fsp3) is 0.0952. The van der Waals surface area contributed by atoms with Crippen LogP contribution in [0.4, 0.5) is 10.5 Å². The maximum atomic E-state index is 12.4. The molecule has 2 aromatic carbocycles. The highest BCUT2D eigenvalue weighted by molar-refractivity contribution is 8.18. The maximum Gasteiger partial charge on any atom is 0.293 e. The quantitative estimate of drug-likeness (QED) is 0.415. The number of hydrogen-bond acceptors (Lipinski definition) is 6. The first-order valence-electron chi connectivity index (χ1n) is 8.95. The summed E-state index contributed by atoms with van der Waals surface area (Å²) in [6.45, 7) is 0.175. The zero-order valence-corrected chi connectivity index (χ0v) is 16.5. The Morgan fingerprint density at radius 1 is 1.07 bits per heavy atom. The van der Waals surface area contributed by atoms with Crippen LogP contribution in [0, 0.1) is 10.1 Å². The smallest absolute Gasteiger partial charge is 0.293 e. The molecule has 2 aromatic rings. The van der Waals surface area contributed by atoms with E-state index in [4.69, 9.17) is 0 Å². The highest BCUT2D eigenvalue weighted by Crippen LogP contribution is 2.31. The van der Waals surface area contributed by atoms with Gasteiger partial charge >= 0.3 is 0 Å². The highest BCUT2D eigenvalue weighted by atomic mass is 32.2. The molecule has 1 heterocycles. The van der Waals surface area contributed by atoms with Gasteiger partial charge in [-0.15, -0.1) is 0 Å². The molecule has 0 atom stereocenters. The number of hydrogen-bond donors (Lipinski definition) is 1. The van der Waals surface area contributed by atoms with Crippen molar-refractivity contribution in [2.75, 3.05) is 13.1 Å². The van der Waals surface area contributed by atoms with Gasteiger partial charge in [0.15, 0.2) is 0 Å². The second-order valence-corrected chi connectivity index (χ2v) is 7.21. The minimum absolute atomic E-state index is 0.0323. The number of nitrogens with one attached hydrogen (secondary N) is 1. The molecule has 1 N–H and O–H groups in total. The fourth-order valence-electron chi connectivity index (χ4n) is 2.62. The van der Waals surface area contributed by atoms with Crippen LogP contribution < -0.4 is 5.32 Å². The van der Waals surface area contributed by atoms with Crippen LogP contribution in [0.25, 0.3) is 12.2 Å². The Morgan fingerprint density at radius 2 is 1.77 bits per heavy atom. The van der Waals surface area contributed by atoms with Gasteiger partial charge in [-0.1, -0.05) is 30.3 Å². The minimum atomic E-state index is -0.500. The van der Waals surface area contributed by atoms with Crippen LogP contribution in [0.3, 0.4) is 0 Å². The zero-order valence-electron chi connectivity index (χ0n) is 15.7. The number of amides is 3. The summed E-state index contributed by atoms with van der Waals surface area (Å²) >= 11 is 0.870. The van der Waals surface area contributed by atoms with E-state index in [0.29, 0.717) is 10.5 Å². The van der Waals surface area contributed by atoms with E-state index in [1.165, 1.54) is 36.4 Å². The SMILES string of the molecule is O=C(C=Cc1ccc([N+](=O)[O-])cc1)NCCN1C(=O)SC(=Cc2ccccc2)C1=O. The molecule has 0 spiro atoms. The van der Waals surface area contributed by atoms with E-state index in [9.17, 15) is 24.5 Å². The Bertz CT molecular complexity index is 1030. The first kappa shape index (κ1) is 21.0. The molecule has 1 aliphatic rings. The number of non-ortho nitro benzene ring substituents is 1. The first-order valence-corrected chi connectivity index (χ1v) is 9.76. The van der Waals surface area contributed by atoms with Crippen molar-refractivity contribution < 1.29 is 19.3 Å². The third kappa shape index (κ3) is 5.42. The standard InChI is InChI=1S/C21H17N3O5S/c25-19(11-8-15-6-9-17(10-7-15)24(28)29)22-12-13-23-20(26)18(30-21(23)27)14-16-4-2-1-3-5-16/h1-11,14H,12-13H2,(H,22,25). The van der Waals surface area contributed by atoms with Crippen LogP contribution in [0.1, 0.15) is 11.1 Å². The predicted molar refractivity (Wildman–Crippen MR) is 114 cm³/mol. The summed E-state index contributed by atoms with van der Waals surface area (Å²) < 4.78 is 0. The molecule has 3 amide bonds. The summed E-state index contributed by atoms with van der Waals surface area (Å²) in [5.41, 5.74) is 1.43. The van der Waals surface area contributed by atoms with Gasteiger partial charge in [0.1, 0.15) is 0 Å². The molecule has 1 saturated heterocycles. The summed E-state index contributed by atoms with van der Waals surface area (Å²) in [4.78, 5) is 48.0. The van der Waals surface area contributed by atoms with E-state index in [1.54, 1.807) is 6.08 Å². The average molecular weight is 423 g/mol. The predicted octanol–water partition coefficient (Wildman–Crippen LogP) is 3.46. The van der Waals surface area contributed by atoms with Crippen LogP contribution in [0.2, 0.25) is 0 Å². The monoisotopic (exact) mass is 423 g/mol. The highest BCUT2D eigenvalue weighted by Gasteiger charge is 2.34. The van der Waals surface area contributed by atoms with Gasteiger partial charge in [0, 0.05) is 31.3 Å². The van der Waals surface area contributed by atoms with E-state index >= 15 is 0 Å². The lowest BCUT2D eigenvalue weighted by molar-refractivity contribution is -0.384. The molecule has 0 aliphatic carbocycles. The van der Waals surface area contributed by atoms with Crippen molar-refractivity contribution in [3.05, 3.63) is 86.8 Å². The van der Waals surface area contributed by atoms with Gasteiger partial charge in [0.25, 0.3) is 16.8 Å². The van der Waals surface area contributed by atoms with Gasteiger partial charge in [-0.25, -0.2) is 0 Å². The Morgan fingerprint density at radius 3 is 2.43 bits per heavy atom. The molecule has 0 bridgehead atoms. The number of nitro groups is 1. The largest absolute Gasteiger partial charge is 0.351 e. The van der Waals surface area contributed by atoms with Gasteiger partial charge in [-0.3, -0.25) is 29.4 Å². The van der Waals surface area contributed by atoms with Gasteiger partial charge in [0.05, 0.1) is 9.83 Å². The molecule has 1 aliphatic heterocycles. The van der Waals surface area contributed by atoms with E-state index in [-0.39, 0.29) is 29.9 Å². The lowest BCUT2D eigenvalue weighted by Crippen LogP contribution is -2.36. The number of imide groups is 1. The summed E-state index contributed by atoms with van der Waals surface area (Å²) in [6.07, 6.45) is 4.46. The lowest BCUT2D eigenvalue weighted by atomic mass is 10.2. The summed E-state index contributed by atoms with van der Waals surface area (Å²) in [6, 6.07) is 15.0. The summed E-state index contributed by atoms with van der Waals surface area (Å²) in [5, 5.41) is 12.9. The molecule has 0 saturated carbocycles. The van der Waals surface area contributed by atoms with E-state index < -0.39 is 10.8 Å². The molecule has 30 heavy (non-hydrogen) atoms. The molecular formula is C21H17N3O5S. The lowest BCUT2D eigenvalue weighted by Gasteiger charge is -2.12. The molecule has 152 valence electrons. The maximum absolute atomic E-state index is 12.4. The van der Waals surface area contributed by atoms with Crippen LogP contribution in [-0.2, 0) is 9.59 Å². The summed E-state index contributed by atoms with van der Waals surface area (Å²) in [7, 11) is 0. The number of carbonyl (C=O) groups excluding carboxylic acids is 3. The second-order valence-electron chi connectivity index (χ2n) is 6.22. The second kappa shape index (κ2) is 9.66. The number of benzene rings is 2. The summed E-state index contributed by atoms with van der Waals surface area (Å²) in [5.74, 6) is -0.787. The van der Waals surface area contributed by atoms with Gasteiger partial charge in [-0.2, -0.15) is 0 Å². The normalized spacial score (nSPS) is 15.2. The Balaban J connectivity index is 1.50. The van der Waals surface area contributed by atoms with Gasteiger partial charge < -0.3 is 5.32 Å². The van der Waals surface area contributed by atoms with Gasteiger partial charge in [-0.05, 0) is 47.2 Å². The average Bonchev–Trinajstić information content (AvgIpc) is 3.00. The molecule has 0 unspecified atom stereocenters. The van der Waals surface area contributed by atoms with Crippen molar-refractivity contribution in [3.8, 4) is 0 Å². The van der Waals surface area contributed by atoms with E-state index in [1.807, 2.05) is 30.3 Å². The van der Waals surface area contributed by atoms with Crippen molar-refractivity contribution in [2.24, 2.45) is 0 Å². The molecule has 8 nitrogen and oxygen atoms in total. The molecule has 0 aromatic heterocycles. The first-order chi connectivity index (χ1) is 14.4. The van der Waals surface area contributed by atoms with Crippen LogP contribution in [-0.4, -0.2) is 40.0 Å². The Labute approximate surface area is 176 Å². The molecule has 1 fully saturated rings. The van der Waals surface area contributed by atoms with Gasteiger partial charge in [0.2, 0.25) is 5.91 Å². The number of carbonyl (C=O) groups is 3. The molecule has 3 rings (SSSR count). The van der Waals surface area contributed by atoms with E-state index in [2.05, 4.69) is 5.32 Å². The Kier molecular flexibility index (Phi) is 6.76. The third-order valence-corrected chi connectivity index (χ3v) is 5.04. The number of nitrogens with zero attached hydrogens (tertiary/aromatic N) is 2. The van der Waals surface area contributed by atoms with Crippen molar-refractivity contribution >= 4 is 46.7 Å². The van der Waals surface area contributed by atoms with Crippen LogP contribution >= 0.6 is 11.8 Å². The Hall–Kier alpha value is -3.72. The van der Waals surface area contributed by atoms with Crippen molar-refractivity contribution in [1.29, 1.82) is 0 Å². The zero-order chi connectivity index (χ0) is 21.5. The third-order valence-electron chi connectivity index (χ3n) is 4.14. The molecule has 0 radical (unpaired) electrons. The van der Waals surface area contributed by atoms with Crippen molar-refractivity contribution in [2.45, 2.75) is 0 Å². The molecule has 9 heteroatoms. The van der Waals surface area contributed by atoms with Crippen LogP contribution in [0.5, 0.6) is 0 Å². The van der Waals surface area contributed by atoms with Crippen molar-refractivity contribution in [1.82, 2.24) is 10.2 Å². The van der Waals surface area contributed by atoms with E-state index in [0.717, 1.165) is 22.2 Å². The number of thioether (sulfide) groups is 1. The number of rotatable bonds is 7. The fourth-order valence-corrected chi connectivity index (χ4v) is 3.49. The minimum Gasteiger partial charge on any atom is -0.351 e. The van der Waals surface area contributed by atoms with Crippen molar-refractivity contribution in [3.63, 3.8) is 0 Å².